The van der Waals surface area contributed by atoms with Crippen molar-refractivity contribution in [2.24, 2.45) is 0 Å². The van der Waals surface area contributed by atoms with E-state index in [0.29, 0.717) is 0 Å². The summed E-state index contributed by atoms with van der Waals surface area (Å²) in [5.74, 6) is 0. The number of aryl methyl sites for hydroxylation is 2. The monoisotopic (exact) mass is 1190 g/mol. The van der Waals surface area contributed by atoms with Crippen LogP contribution in [0.25, 0.3) is 16.9 Å². The van der Waals surface area contributed by atoms with Crippen molar-refractivity contribution in [3.8, 4) is 0 Å². The summed E-state index contributed by atoms with van der Waals surface area (Å²) >= 11 is 1.06. The molecule has 0 unspecified atom stereocenters. The second kappa shape index (κ2) is 58.7. The first-order chi connectivity index (χ1) is 39.7. The average molecular weight is 1190 g/mol. The van der Waals surface area contributed by atoms with Crippen LogP contribution in [0.15, 0.2) is 72.8 Å². The Morgan fingerprint density at radius 1 is 0.338 bits per heavy atom. The molecule has 0 saturated carbocycles. The summed E-state index contributed by atoms with van der Waals surface area (Å²) in [6.07, 6.45) is 84.8. The van der Waals surface area contributed by atoms with Crippen molar-refractivity contribution >= 4 is 11.4 Å². The van der Waals surface area contributed by atoms with Gasteiger partial charge in [0.15, 0.2) is 0 Å². The summed E-state index contributed by atoms with van der Waals surface area (Å²) in [6.45, 7) is 9.07. The van der Waals surface area contributed by atoms with Crippen LogP contribution >= 0.6 is 0 Å². The van der Waals surface area contributed by atoms with Gasteiger partial charge in [-0.3, -0.25) is 0 Å². The Morgan fingerprint density at radius 3 is 1.01 bits per heavy atom. The summed E-state index contributed by atoms with van der Waals surface area (Å²) < 4.78 is 1.35. The van der Waals surface area contributed by atoms with E-state index >= 15 is 0 Å². The molecule has 1 heterocycles. The molecule has 1 aliphatic rings. The molecule has 1 aliphatic heterocycles. The number of benzene rings is 2. The van der Waals surface area contributed by atoms with Gasteiger partial charge in [-0.2, -0.15) is 0 Å². The molecule has 0 radical (unpaired) electrons. The molecule has 0 N–H and O–H groups in total. The molecule has 2 aromatic carbocycles. The van der Waals surface area contributed by atoms with Crippen molar-refractivity contribution in [1.29, 1.82) is 0 Å². The molecule has 0 atom stereocenters. The minimum atomic E-state index is 0.833. The molecule has 0 saturated heterocycles. The molecule has 0 fully saturated rings. The third-order valence-electron chi connectivity index (χ3n) is 17.2. The van der Waals surface area contributed by atoms with Crippen molar-refractivity contribution in [3.63, 3.8) is 0 Å². The molecule has 0 aliphatic carbocycles. The van der Waals surface area contributed by atoms with E-state index in [-0.39, 0.29) is 0 Å². The van der Waals surface area contributed by atoms with Gasteiger partial charge in [-0.05, 0) is 61.4 Å². The van der Waals surface area contributed by atoms with Crippen LogP contribution in [0.5, 0.6) is 0 Å². The molecule has 0 aromatic heterocycles. The minimum Gasteiger partial charge on any atom is -0.0654 e. The fourth-order valence-corrected chi connectivity index (χ4v) is 13.6. The second-order valence-corrected chi connectivity index (χ2v) is 27.0. The number of hydrogen-bond donors (Lipinski definition) is 0. The van der Waals surface area contributed by atoms with Crippen molar-refractivity contribution in [2.45, 2.75) is 378 Å². The molecule has 0 bridgehead atoms. The molecular formula is C77H134N2Pd. The van der Waals surface area contributed by atoms with Crippen molar-refractivity contribution in [1.82, 2.24) is 0 Å². The van der Waals surface area contributed by atoms with E-state index < -0.39 is 0 Å². The van der Waals surface area contributed by atoms with E-state index in [4.69, 9.17) is 0 Å². The Morgan fingerprint density at radius 2 is 0.650 bits per heavy atom. The first kappa shape index (κ1) is 74.0. The fraction of sp³-hybridized carbons (Fsp3) is 0.766. The van der Waals surface area contributed by atoms with Gasteiger partial charge in [0.2, 0.25) is 11.4 Å². The number of allylic oxidation sites excluding steroid dienone is 4. The third-order valence-corrected chi connectivity index (χ3v) is 19.4. The fourth-order valence-electron chi connectivity index (χ4n) is 11.7. The summed E-state index contributed by atoms with van der Waals surface area (Å²) in [5, 5.41) is 0. The van der Waals surface area contributed by atoms with Gasteiger partial charge in [0.05, 0.1) is 0 Å². The van der Waals surface area contributed by atoms with Crippen molar-refractivity contribution in [3.05, 3.63) is 101 Å². The smallest absolute Gasteiger partial charge is 0.0654 e. The van der Waals surface area contributed by atoms with Crippen LogP contribution in [0, 0.1) is 0 Å². The van der Waals surface area contributed by atoms with Gasteiger partial charge in [0.1, 0.15) is 0 Å². The first-order valence-corrected chi connectivity index (χ1v) is 38.0. The molecule has 0 spiro atoms. The Kier molecular flexibility index (Phi) is 54.3. The quantitative estimate of drug-likeness (QED) is 0.0273. The number of unbranched alkanes of at least 4 members (excludes halogenated alkanes) is 47. The van der Waals surface area contributed by atoms with Gasteiger partial charge in [0, 0.05) is 23.3 Å². The average Bonchev–Trinajstić information content (AvgIpc) is 3.93. The molecule has 0 amide bonds. The van der Waals surface area contributed by atoms with E-state index in [1.165, 1.54) is 337 Å². The van der Waals surface area contributed by atoms with Gasteiger partial charge in [-0.25, -0.2) is 4.70 Å². The Hall–Kier alpha value is -2.08. The molecule has 2 nitrogen and oxygen atoms in total. The Balaban J connectivity index is 0.000000547. The van der Waals surface area contributed by atoms with Gasteiger partial charge < -0.3 is 5.53 Å². The number of nitrogens with zero attached hydrogens (tertiary/aromatic N) is 2. The molecule has 462 valence electrons. The van der Waals surface area contributed by atoms with Crippen LogP contribution in [0.2, 0.25) is 9.79 Å². The van der Waals surface area contributed by atoms with E-state index in [1.807, 2.05) is 12.2 Å². The summed E-state index contributed by atoms with van der Waals surface area (Å²) in [7, 11) is 0. The SMILES string of the molecule is CCCCCCCCCCCCCCCC=CCCc1ccccc1C1=CC=C(c2ccc(CC)cc2)[N+]1=[N-].CCCCCCCCCCCCCCCCCCC[CH2][Pd][CH2]CCCCCCCCCCCCCCCCCCC. The Labute approximate surface area is 509 Å². The zero-order valence-electron chi connectivity index (χ0n) is 54.0. The second-order valence-electron chi connectivity index (χ2n) is 24.7. The molecule has 3 rings (SSSR count). The molecule has 2 aromatic rings. The number of hydrogen-bond acceptors (Lipinski definition) is 0. The van der Waals surface area contributed by atoms with Gasteiger partial charge in [-0.1, -0.05) is 237 Å². The maximum absolute atomic E-state index is 11.0. The molecular weight excluding hydrogens is 1060 g/mol. The van der Waals surface area contributed by atoms with E-state index in [9.17, 15) is 5.53 Å². The van der Waals surface area contributed by atoms with E-state index in [1.54, 1.807) is 9.79 Å². The van der Waals surface area contributed by atoms with Gasteiger partial charge >= 0.3 is 169 Å². The topological polar surface area (TPSA) is 25.3 Å². The van der Waals surface area contributed by atoms with Crippen LogP contribution in [-0.4, -0.2) is 4.70 Å². The zero-order valence-corrected chi connectivity index (χ0v) is 55.6. The van der Waals surface area contributed by atoms with Crippen molar-refractivity contribution in [2.75, 3.05) is 0 Å². The summed E-state index contributed by atoms with van der Waals surface area (Å²) in [6, 6.07) is 17.0. The standard InChI is InChI=1S/C37H52N2.2C20H41.Pd/c1-3-5-6-7-8-9-10-11-12-13-14-15-16-17-18-19-20-23-33-24-21-22-25-35(33)37-31-30-36(39(37)38)34-28-26-32(4-2)27-29-34;2*1-3-5-7-9-11-13-15-17-19-20-18-16-14-12-10-8-6-4-2;/h18-19,21-22,24-31H,3-17,20,23H2,1-2H3;2*1,3-20H2,2H3;. The summed E-state index contributed by atoms with van der Waals surface area (Å²) in [4.78, 5) is 3.10. The van der Waals surface area contributed by atoms with E-state index in [0.717, 1.165) is 59.8 Å². The van der Waals surface area contributed by atoms with Crippen LogP contribution < -0.4 is 0 Å². The molecule has 80 heavy (non-hydrogen) atoms. The summed E-state index contributed by atoms with van der Waals surface area (Å²) in [5.41, 5.74) is 17.4. The predicted molar refractivity (Wildman–Crippen MR) is 357 cm³/mol. The van der Waals surface area contributed by atoms with Crippen LogP contribution in [0.1, 0.15) is 377 Å². The van der Waals surface area contributed by atoms with Crippen LogP contribution in [-0.2, 0) is 30.8 Å². The van der Waals surface area contributed by atoms with Gasteiger partial charge in [0.25, 0.3) is 0 Å². The third kappa shape index (κ3) is 43.6. The molecule has 3 heteroatoms. The Bertz CT molecular complexity index is 1680. The maximum atomic E-state index is 11.0. The van der Waals surface area contributed by atoms with Gasteiger partial charge in [-0.15, -0.1) is 0 Å². The predicted octanol–water partition coefficient (Wildman–Crippen LogP) is 27.6. The van der Waals surface area contributed by atoms with E-state index in [2.05, 4.69) is 88.4 Å². The van der Waals surface area contributed by atoms with Crippen molar-refractivity contribution < 1.29 is 22.7 Å². The minimum absolute atomic E-state index is 0.833. The normalized spacial score (nSPS) is 12.5. The zero-order chi connectivity index (χ0) is 57.1. The number of rotatable bonds is 58. The van der Waals surface area contributed by atoms with Crippen LogP contribution in [0.4, 0.5) is 0 Å². The first-order valence-electron chi connectivity index (χ1n) is 35.8. The van der Waals surface area contributed by atoms with Crippen LogP contribution in [0.3, 0.4) is 0 Å².